The van der Waals surface area contributed by atoms with E-state index < -0.39 is 77.7 Å². The Morgan fingerprint density at radius 1 is 0.952 bits per heavy atom. The van der Waals surface area contributed by atoms with Crippen LogP contribution in [0.1, 0.15) is 66.4 Å². The number of amides is 4. The number of likely N-dealkylation sites (tertiary alicyclic amines) is 1. The molecule has 1 aliphatic rings. The molecule has 1 saturated heterocycles. The Bertz CT molecular complexity index is 1110. The first kappa shape index (κ1) is 36.1. The molecule has 234 valence electrons. The molecular weight excluding hydrogens is 554 g/mol. The van der Waals surface area contributed by atoms with Gasteiger partial charge in [-0.25, -0.2) is 0 Å². The molecule has 1 aromatic rings. The second-order valence-corrected chi connectivity index (χ2v) is 10.4. The van der Waals surface area contributed by atoms with E-state index in [1.165, 1.54) is 18.7 Å². The van der Waals surface area contributed by atoms with Crippen LogP contribution < -0.4 is 16.0 Å². The fourth-order valence-electron chi connectivity index (χ4n) is 4.34. The Morgan fingerprint density at radius 2 is 1.52 bits per heavy atom. The van der Waals surface area contributed by atoms with E-state index in [-0.39, 0.29) is 19.5 Å². The Kier molecular flexibility index (Phi) is 14.2. The number of aliphatic carboxylic acids is 1. The first-order valence-corrected chi connectivity index (χ1v) is 14.0. The normalized spacial score (nSPS) is 16.1. The number of hydrogen-bond acceptors (Lipinski definition) is 6. The lowest BCUT2D eigenvalue weighted by Gasteiger charge is -2.32. The van der Waals surface area contributed by atoms with E-state index in [4.69, 9.17) is 5.11 Å². The number of hydrogen-bond donors (Lipinski definition) is 4. The van der Waals surface area contributed by atoms with Gasteiger partial charge in [0, 0.05) is 13.1 Å². The van der Waals surface area contributed by atoms with Crippen LogP contribution in [0.3, 0.4) is 0 Å². The average molecular weight is 597 g/mol. The smallest absolute Gasteiger partial charge is 0.383 e. The number of Topliss-reactive ketones (excluding diaryl/α,β-unsaturated/α-hetero) is 1. The third-order valence-corrected chi connectivity index (χ3v) is 6.54. The summed E-state index contributed by atoms with van der Waals surface area (Å²) in [6.07, 6.45) is -0.264. The maximum absolute atomic E-state index is 14.9. The van der Waals surface area contributed by atoms with Gasteiger partial charge in [-0.1, -0.05) is 71.9 Å². The van der Waals surface area contributed by atoms with Gasteiger partial charge in [0.2, 0.25) is 23.5 Å². The van der Waals surface area contributed by atoms with E-state index in [1.54, 1.807) is 44.2 Å². The number of carboxylic acids is 1. The van der Waals surface area contributed by atoms with E-state index in [1.807, 2.05) is 19.2 Å². The monoisotopic (exact) mass is 596 g/mol. The fourth-order valence-corrected chi connectivity index (χ4v) is 4.34. The van der Waals surface area contributed by atoms with Crippen molar-refractivity contribution in [3.8, 4) is 0 Å². The van der Waals surface area contributed by atoms with Crippen molar-refractivity contribution in [1.82, 2.24) is 20.9 Å². The van der Waals surface area contributed by atoms with Gasteiger partial charge in [-0.15, -0.1) is 0 Å². The highest BCUT2D eigenvalue weighted by Gasteiger charge is 2.51. The minimum Gasteiger partial charge on any atom is -0.481 e. The molecule has 0 radical (unpaired) electrons. The summed E-state index contributed by atoms with van der Waals surface area (Å²) in [7, 11) is 0. The Balaban J connectivity index is 0.00000431. The summed E-state index contributed by atoms with van der Waals surface area (Å²) >= 11 is 0. The maximum atomic E-state index is 14.9. The minimum absolute atomic E-state index is 0.132. The predicted molar refractivity (Wildman–Crippen MR) is 150 cm³/mol. The number of benzene rings is 1. The predicted octanol–water partition coefficient (Wildman–Crippen LogP) is 2.28. The number of carboxylic acid groups (broad SMARTS) is 1. The van der Waals surface area contributed by atoms with Crippen LogP contribution in [-0.2, 0) is 35.3 Å². The SMILES string of the molecule is CC.CC(C)C(NC(=O)CC(=O)O)C(=O)N1CCCC1C(=O)NC(C(=O)C(F)(F)C(=O)NCc1ccccc1)C(C)C. The first-order valence-electron chi connectivity index (χ1n) is 14.0. The van der Waals surface area contributed by atoms with E-state index in [0.717, 1.165) is 0 Å². The Morgan fingerprint density at radius 3 is 2.05 bits per heavy atom. The maximum Gasteiger partial charge on any atom is 0.383 e. The topological polar surface area (TPSA) is 162 Å². The largest absolute Gasteiger partial charge is 0.481 e. The van der Waals surface area contributed by atoms with Crippen molar-refractivity contribution in [2.24, 2.45) is 11.8 Å². The third-order valence-electron chi connectivity index (χ3n) is 6.54. The molecule has 0 spiro atoms. The molecule has 2 rings (SSSR count). The van der Waals surface area contributed by atoms with Crippen molar-refractivity contribution in [2.75, 3.05) is 6.54 Å². The van der Waals surface area contributed by atoms with Gasteiger partial charge >= 0.3 is 11.9 Å². The minimum atomic E-state index is -4.43. The lowest BCUT2D eigenvalue weighted by molar-refractivity contribution is -0.161. The van der Waals surface area contributed by atoms with Gasteiger partial charge in [0.15, 0.2) is 0 Å². The molecule has 4 N–H and O–H groups in total. The van der Waals surface area contributed by atoms with E-state index in [2.05, 4.69) is 10.6 Å². The highest BCUT2D eigenvalue weighted by molar-refractivity contribution is 6.10. The zero-order valence-electron chi connectivity index (χ0n) is 24.9. The first-order chi connectivity index (χ1) is 19.7. The molecule has 1 aliphatic heterocycles. The van der Waals surface area contributed by atoms with Crippen molar-refractivity contribution in [2.45, 2.75) is 91.4 Å². The third kappa shape index (κ3) is 9.88. The number of ketones is 1. The van der Waals surface area contributed by atoms with Gasteiger partial charge < -0.3 is 26.0 Å². The summed E-state index contributed by atoms with van der Waals surface area (Å²) < 4.78 is 29.8. The number of nitrogens with zero attached hydrogens (tertiary/aromatic N) is 1. The summed E-state index contributed by atoms with van der Waals surface area (Å²) in [6, 6.07) is 4.33. The lowest BCUT2D eigenvalue weighted by atomic mass is 9.94. The molecule has 1 fully saturated rings. The summed E-state index contributed by atoms with van der Waals surface area (Å²) in [4.78, 5) is 75.6. The molecule has 42 heavy (non-hydrogen) atoms. The van der Waals surface area contributed by atoms with Gasteiger partial charge in [0.25, 0.3) is 5.91 Å². The van der Waals surface area contributed by atoms with E-state index in [0.29, 0.717) is 12.0 Å². The molecule has 4 amide bonds. The Labute approximate surface area is 244 Å². The van der Waals surface area contributed by atoms with Crippen LogP contribution in [0.4, 0.5) is 8.78 Å². The number of carbonyl (C=O) groups excluding carboxylic acids is 5. The number of nitrogens with one attached hydrogen (secondary N) is 3. The van der Waals surface area contributed by atoms with Crippen LogP contribution in [-0.4, -0.2) is 76.0 Å². The van der Waals surface area contributed by atoms with Crippen molar-refractivity contribution < 1.29 is 42.7 Å². The second kappa shape index (κ2) is 16.5. The molecule has 0 aliphatic carbocycles. The number of rotatable bonds is 13. The van der Waals surface area contributed by atoms with Gasteiger partial charge in [-0.05, 0) is 30.2 Å². The van der Waals surface area contributed by atoms with Gasteiger partial charge in [0.1, 0.15) is 18.5 Å². The van der Waals surface area contributed by atoms with Crippen molar-refractivity contribution in [3.63, 3.8) is 0 Å². The molecular formula is C29H42F2N4O7. The Hall–Kier alpha value is -3.90. The van der Waals surface area contributed by atoms with Crippen LogP contribution in [0.5, 0.6) is 0 Å². The molecule has 11 nitrogen and oxygen atoms in total. The number of alkyl halides is 2. The van der Waals surface area contributed by atoms with E-state index in [9.17, 15) is 37.5 Å². The summed E-state index contributed by atoms with van der Waals surface area (Å²) in [6.45, 7) is 10.0. The molecule has 0 saturated carbocycles. The summed E-state index contributed by atoms with van der Waals surface area (Å²) in [5, 5.41) is 15.6. The molecule has 3 atom stereocenters. The molecule has 13 heteroatoms. The second-order valence-electron chi connectivity index (χ2n) is 10.4. The quantitative estimate of drug-likeness (QED) is 0.254. The summed E-state index contributed by atoms with van der Waals surface area (Å²) in [5.41, 5.74) is 0.553. The van der Waals surface area contributed by atoms with Crippen LogP contribution in [0.25, 0.3) is 0 Å². The van der Waals surface area contributed by atoms with Gasteiger partial charge in [0.05, 0.1) is 6.04 Å². The average Bonchev–Trinajstić information content (AvgIpc) is 3.43. The number of carbonyl (C=O) groups is 6. The molecule has 1 heterocycles. The van der Waals surface area contributed by atoms with Crippen molar-refractivity contribution in [3.05, 3.63) is 35.9 Å². The molecule has 0 aromatic heterocycles. The molecule has 3 unspecified atom stereocenters. The zero-order valence-corrected chi connectivity index (χ0v) is 24.9. The van der Waals surface area contributed by atoms with Crippen molar-refractivity contribution in [1.29, 1.82) is 0 Å². The number of halogens is 2. The van der Waals surface area contributed by atoms with E-state index >= 15 is 0 Å². The van der Waals surface area contributed by atoms with Crippen LogP contribution in [0.2, 0.25) is 0 Å². The fraction of sp³-hybridized carbons (Fsp3) is 0.586. The summed E-state index contributed by atoms with van der Waals surface area (Å²) in [5.74, 6) is -13.0. The van der Waals surface area contributed by atoms with Crippen LogP contribution in [0.15, 0.2) is 30.3 Å². The lowest BCUT2D eigenvalue weighted by Crippen LogP contribution is -2.60. The highest BCUT2D eigenvalue weighted by atomic mass is 19.3. The van der Waals surface area contributed by atoms with Gasteiger partial charge in [-0.2, -0.15) is 8.78 Å². The van der Waals surface area contributed by atoms with Crippen LogP contribution >= 0.6 is 0 Å². The highest BCUT2D eigenvalue weighted by Crippen LogP contribution is 2.24. The molecule has 1 aromatic carbocycles. The zero-order chi connectivity index (χ0) is 32.2. The molecule has 0 bridgehead atoms. The standard InChI is InChI=1S/C27H36F2N4O7.C2H6/c1-15(2)21(23(37)27(28,29)26(40)30-14-17-9-6-5-7-10-17)32-24(38)18-11-8-12-33(18)25(39)22(16(3)4)31-19(34)13-20(35)36;1-2/h5-7,9-10,15-16,18,21-22H,8,11-14H2,1-4H3,(H,30,40)(H,31,34)(H,32,38)(H,35,36);1-2H3. The van der Waals surface area contributed by atoms with Crippen molar-refractivity contribution >= 4 is 35.4 Å². The van der Waals surface area contributed by atoms with Crippen LogP contribution in [0, 0.1) is 11.8 Å². The van der Waals surface area contributed by atoms with Gasteiger partial charge in [-0.3, -0.25) is 28.8 Å².